The maximum atomic E-state index is 12.9. The Balaban J connectivity index is 0.953. The zero-order valence-electron chi connectivity index (χ0n) is 24.2. The van der Waals surface area contributed by atoms with Gasteiger partial charge < -0.3 is 15.1 Å². The molecule has 0 bridgehead atoms. The summed E-state index contributed by atoms with van der Waals surface area (Å²) >= 11 is 0. The predicted molar refractivity (Wildman–Crippen MR) is 162 cm³/mol. The van der Waals surface area contributed by atoms with E-state index in [1.165, 1.54) is 74.6 Å². The van der Waals surface area contributed by atoms with Crippen molar-refractivity contribution in [2.24, 2.45) is 24.8 Å². The monoisotopic (exact) mass is 573 g/mol. The van der Waals surface area contributed by atoms with Crippen molar-refractivity contribution in [3.63, 3.8) is 0 Å². The van der Waals surface area contributed by atoms with E-state index < -0.39 is 9.84 Å². The first-order valence-corrected chi connectivity index (χ1v) is 17.0. The summed E-state index contributed by atoms with van der Waals surface area (Å²) in [6.07, 6.45) is 11.1. The van der Waals surface area contributed by atoms with Crippen molar-refractivity contribution >= 4 is 15.5 Å². The second-order valence-corrected chi connectivity index (χ2v) is 14.9. The van der Waals surface area contributed by atoms with Gasteiger partial charge in [0.25, 0.3) is 0 Å². The largest absolute Gasteiger partial charge is 0.371 e. The quantitative estimate of drug-likeness (QED) is 0.445. The first-order valence-electron chi connectivity index (χ1n) is 15.5. The molecule has 7 nitrogen and oxygen atoms in total. The van der Waals surface area contributed by atoms with E-state index in [4.69, 9.17) is 0 Å². The van der Waals surface area contributed by atoms with Gasteiger partial charge in [0.05, 0.1) is 11.1 Å². The van der Waals surface area contributed by atoms with E-state index in [0.717, 1.165) is 43.7 Å². The maximum absolute atomic E-state index is 12.9. The second-order valence-electron chi connectivity index (χ2n) is 13.0. The molecule has 4 aliphatic rings. The molecule has 1 aromatic heterocycles. The summed E-state index contributed by atoms with van der Waals surface area (Å²) in [5, 5.41) is 7.87. The summed E-state index contributed by atoms with van der Waals surface area (Å²) in [6.45, 7) is 7.83. The van der Waals surface area contributed by atoms with Gasteiger partial charge in [0.2, 0.25) is 9.84 Å². The van der Waals surface area contributed by atoms with Crippen molar-refractivity contribution in [3.05, 3.63) is 72.1 Å². The number of sulfone groups is 1. The van der Waals surface area contributed by atoms with Crippen LogP contribution in [-0.4, -0.2) is 62.4 Å². The number of hydrogen-bond acceptors (Lipinski definition) is 6. The molecule has 0 amide bonds. The number of aryl methyl sites for hydroxylation is 1. The number of rotatable bonds is 7. The van der Waals surface area contributed by atoms with Gasteiger partial charge in [-0.3, -0.25) is 4.68 Å². The Labute approximate surface area is 244 Å². The number of hydrogen-bond donors (Lipinski definition) is 1. The zero-order valence-corrected chi connectivity index (χ0v) is 25.0. The third-order valence-corrected chi connectivity index (χ3v) is 12.4. The summed E-state index contributed by atoms with van der Waals surface area (Å²) in [5.74, 6) is 2.25. The third-order valence-electron chi connectivity index (χ3n) is 10.6. The van der Waals surface area contributed by atoms with Gasteiger partial charge in [-0.1, -0.05) is 37.1 Å². The normalized spacial score (nSPS) is 24.9. The van der Waals surface area contributed by atoms with Crippen LogP contribution in [0.15, 0.2) is 70.7 Å². The number of nitrogens with one attached hydrogen (secondary N) is 1. The average Bonchev–Trinajstić information content (AvgIpc) is 3.68. The summed E-state index contributed by atoms with van der Waals surface area (Å²) in [6, 6.07) is 16.7. The minimum atomic E-state index is -3.53. The van der Waals surface area contributed by atoms with Crippen LogP contribution in [-0.2, 0) is 28.8 Å². The predicted octanol–water partition coefficient (Wildman–Crippen LogP) is 4.63. The summed E-state index contributed by atoms with van der Waals surface area (Å²) in [7, 11) is -1.80. The number of anilines is 1. The highest BCUT2D eigenvalue weighted by atomic mass is 32.2. The molecule has 0 spiro atoms. The average molecular weight is 574 g/mol. The van der Waals surface area contributed by atoms with Gasteiger partial charge in [-0.15, -0.1) is 0 Å². The first-order chi connectivity index (χ1) is 19.9. The van der Waals surface area contributed by atoms with Gasteiger partial charge in [0.15, 0.2) is 0 Å². The van der Waals surface area contributed by atoms with Gasteiger partial charge in [-0.25, -0.2) is 8.42 Å². The van der Waals surface area contributed by atoms with E-state index in [1.807, 2.05) is 12.1 Å². The van der Waals surface area contributed by atoms with E-state index in [9.17, 15) is 8.42 Å². The van der Waals surface area contributed by atoms with E-state index in [-0.39, 0.29) is 4.90 Å². The standard InChI is InChI=1S/C33H43N5O2S/c1-36-23-31(19-35-36)41(39,40)30-12-10-29(11-13-30)38-21-25(22-38)20-37-16-14-28(15-17-37)33(27-7-3-4-8-27)24-34-18-26-6-2-5-9-32(26)33/h2,5-6,9-13,19,23,25,27-28,34H,3-4,7-8,14-18,20-22,24H2,1H3. The van der Waals surface area contributed by atoms with E-state index in [2.05, 4.69) is 44.5 Å². The van der Waals surface area contributed by atoms with E-state index in [0.29, 0.717) is 16.2 Å². The van der Waals surface area contributed by atoms with Crippen molar-refractivity contribution in [1.82, 2.24) is 20.0 Å². The number of fused-ring (bicyclic) bond motifs is 1. The molecule has 8 heteroatoms. The Bertz CT molecular complexity index is 1470. The second kappa shape index (κ2) is 10.9. The topological polar surface area (TPSA) is 70.5 Å². The molecule has 1 unspecified atom stereocenters. The Morgan fingerprint density at radius 3 is 2.34 bits per heavy atom. The molecule has 1 saturated carbocycles. The highest BCUT2D eigenvalue weighted by molar-refractivity contribution is 7.91. The molecule has 218 valence electrons. The van der Waals surface area contributed by atoms with Crippen molar-refractivity contribution in [2.75, 3.05) is 44.2 Å². The summed E-state index contributed by atoms with van der Waals surface area (Å²) in [5.41, 5.74) is 4.61. The van der Waals surface area contributed by atoms with Crippen LogP contribution in [0.4, 0.5) is 5.69 Å². The molecule has 1 aliphatic carbocycles. The number of benzene rings is 2. The minimum Gasteiger partial charge on any atom is -0.371 e. The van der Waals surface area contributed by atoms with Crippen molar-refractivity contribution in [2.45, 2.75) is 60.3 Å². The van der Waals surface area contributed by atoms with Crippen LogP contribution in [0.3, 0.4) is 0 Å². The van der Waals surface area contributed by atoms with Gasteiger partial charge in [0.1, 0.15) is 4.90 Å². The number of likely N-dealkylation sites (tertiary alicyclic amines) is 1. The Hall–Kier alpha value is -2.68. The van der Waals surface area contributed by atoms with Gasteiger partial charge in [-0.2, -0.15) is 5.10 Å². The van der Waals surface area contributed by atoms with Crippen LogP contribution in [0.25, 0.3) is 0 Å². The highest BCUT2D eigenvalue weighted by Crippen LogP contribution is 2.52. The Morgan fingerprint density at radius 2 is 1.63 bits per heavy atom. The van der Waals surface area contributed by atoms with Crippen LogP contribution in [0.5, 0.6) is 0 Å². The fourth-order valence-electron chi connectivity index (χ4n) is 8.53. The highest BCUT2D eigenvalue weighted by Gasteiger charge is 2.50. The summed E-state index contributed by atoms with van der Waals surface area (Å²) < 4.78 is 27.3. The first kappa shape index (κ1) is 27.2. The van der Waals surface area contributed by atoms with E-state index >= 15 is 0 Å². The molecule has 7 rings (SSSR count). The smallest absolute Gasteiger partial charge is 0.209 e. The lowest BCUT2D eigenvalue weighted by molar-refractivity contribution is 0.0705. The van der Waals surface area contributed by atoms with Crippen molar-refractivity contribution in [1.29, 1.82) is 0 Å². The van der Waals surface area contributed by atoms with Crippen LogP contribution in [0.2, 0.25) is 0 Å². The lowest BCUT2D eigenvalue weighted by Crippen LogP contribution is -2.56. The lowest BCUT2D eigenvalue weighted by Gasteiger charge is -2.52. The number of aromatic nitrogens is 2. The fraction of sp³-hybridized carbons (Fsp3) is 0.545. The molecule has 3 fully saturated rings. The van der Waals surface area contributed by atoms with Crippen LogP contribution >= 0.6 is 0 Å². The Kier molecular flexibility index (Phi) is 7.20. The Morgan fingerprint density at radius 1 is 0.927 bits per heavy atom. The molecule has 0 radical (unpaired) electrons. The molecular formula is C33H43N5O2S. The SMILES string of the molecule is Cn1cc(S(=O)(=O)c2ccc(N3CC(CN4CCC(C5(C6CCCC6)CNCc6ccccc65)CC4)C3)cc2)cn1. The van der Waals surface area contributed by atoms with Crippen LogP contribution in [0, 0.1) is 17.8 Å². The maximum Gasteiger partial charge on any atom is 0.209 e. The van der Waals surface area contributed by atoms with Gasteiger partial charge in [-0.05, 0) is 86.0 Å². The molecular weight excluding hydrogens is 530 g/mol. The lowest BCUT2D eigenvalue weighted by atomic mass is 9.57. The molecule has 2 aromatic carbocycles. The fourth-order valence-corrected chi connectivity index (χ4v) is 9.78. The molecule has 1 atom stereocenters. The molecule has 2 saturated heterocycles. The number of nitrogens with zero attached hydrogens (tertiary/aromatic N) is 4. The molecule has 41 heavy (non-hydrogen) atoms. The third kappa shape index (κ3) is 4.92. The van der Waals surface area contributed by atoms with E-state index in [1.54, 1.807) is 30.9 Å². The molecule has 4 heterocycles. The molecule has 1 N–H and O–H groups in total. The van der Waals surface area contributed by atoms with Crippen molar-refractivity contribution in [3.8, 4) is 0 Å². The molecule has 3 aliphatic heterocycles. The minimum absolute atomic E-state index is 0.235. The number of piperidine rings is 1. The van der Waals surface area contributed by atoms with Crippen LogP contribution in [0.1, 0.15) is 49.7 Å². The summed E-state index contributed by atoms with van der Waals surface area (Å²) in [4.78, 5) is 5.64. The van der Waals surface area contributed by atoms with Crippen molar-refractivity contribution < 1.29 is 8.42 Å². The van der Waals surface area contributed by atoms with Gasteiger partial charge in [0, 0.05) is 63.0 Å². The van der Waals surface area contributed by atoms with Gasteiger partial charge >= 0.3 is 0 Å². The zero-order chi connectivity index (χ0) is 28.0. The molecule has 3 aromatic rings. The van der Waals surface area contributed by atoms with Crippen LogP contribution < -0.4 is 10.2 Å².